The van der Waals surface area contributed by atoms with Gasteiger partial charge in [0, 0.05) is 19.8 Å². The van der Waals surface area contributed by atoms with E-state index in [1.54, 1.807) is 6.92 Å². The number of sulfonamides is 1. The highest BCUT2D eigenvalue weighted by Gasteiger charge is 2.18. The third-order valence-electron chi connectivity index (χ3n) is 3.57. The molecular weight excluding hydrogens is 316 g/mol. The molecule has 0 aliphatic carbocycles. The van der Waals surface area contributed by atoms with Gasteiger partial charge in [0.2, 0.25) is 10.0 Å². The molecular formula is C15H16N4O3S. The maximum atomic E-state index is 12.4. The minimum atomic E-state index is -3.71. The lowest BCUT2D eigenvalue weighted by Gasteiger charge is -2.04. The molecule has 0 aliphatic rings. The zero-order valence-electron chi connectivity index (χ0n) is 12.7. The van der Waals surface area contributed by atoms with Crippen LogP contribution >= 0.6 is 0 Å². The lowest BCUT2D eigenvalue weighted by atomic mass is 10.2. The molecule has 0 atom stereocenters. The van der Waals surface area contributed by atoms with Gasteiger partial charge in [-0.15, -0.1) is 0 Å². The molecule has 0 bridgehead atoms. The molecule has 0 spiro atoms. The quantitative estimate of drug-likeness (QED) is 0.766. The Morgan fingerprint density at radius 1 is 1.22 bits per heavy atom. The van der Waals surface area contributed by atoms with Crippen molar-refractivity contribution in [1.82, 2.24) is 18.9 Å². The van der Waals surface area contributed by atoms with E-state index < -0.39 is 10.0 Å². The van der Waals surface area contributed by atoms with Gasteiger partial charge >= 0.3 is 0 Å². The molecule has 1 N–H and O–H groups in total. The standard InChI is InChI=1S/C15H16N4O3S/c1-11-17-18(2)15(20)14-8-13(10-19(11)14)23(21,22)16-9-12-6-4-3-5-7-12/h3-8,10,16H,9H2,1-2H3. The van der Waals surface area contributed by atoms with Gasteiger partial charge < -0.3 is 0 Å². The average Bonchev–Trinajstić information content (AvgIpc) is 2.99. The fourth-order valence-electron chi connectivity index (χ4n) is 2.35. The number of nitrogens with zero attached hydrogens (tertiary/aromatic N) is 3. The molecule has 8 heteroatoms. The Kier molecular flexibility index (Phi) is 3.78. The van der Waals surface area contributed by atoms with Crippen LogP contribution < -0.4 is 10.3 Å². The molecule has 0 amide bonds. The number of hydrogen-bond donors (Lipinski definition) is 1. The van der Waals surface area contributed by atoms with E-state index in [2.05, 4.69) is 9.82 Å². The van der Waals surface area contributed by atoms with Gasteiger partial charge in [-0.25, -0.2) is 17.8 Å². The van der Waals surface area contributed by atoms with Crippen molar-refractivity contribution in [3.8, 4) is 0 Å². The van der Waals surface area contributed by atoms with E-state index in [4.69, 9.17) is 0 Å². The van der Waals surface area contributed by atoms with Crippen molar-refractivity contribution in [3.05, 3.63) is 64.3 Å². The normalized spacial score (nSPS) is 11.9. The Hall–Kier alpha value is -2.45. The third kappa shape index (κ3) is 2.90. The van der Waals surface area contributed by atoms with Gasteiger partial charge in [-0.3, -0.25) is 9.20 Å². The van der Waals surface area contributed by atoms with E-state index in [0.29, 0.717) is 5.82 Å². The summed E-state index contributed by atoms with van der Waals surface area (Å²) in [4.78, 5) is 12.1. The molecule has 3 aromatic rings. The van der Waals surface area contributed by atoms with Crippen molar-refractivity contribution in [1.29, 1.82) is 0 Å². The first-order valence-corrected chi connectivity index (χ1v) is 8.46. The van der Waals surface area contributed by atoms with E-state index in [9.17, 15) is 13.2 Å². The molecule has 7 nitrogen and oxygen atoms in total. The smallest absolute Gasteiger partial charge is 0.290 e. The monoisotopic (exact) mass is 332 g/mol. The SMILES string of the molecule is Cc1nn(C)c(=O)c2cc(S(=O)(=O)NCc3ccccc3)cn12. The van der Waals surface area contributed by atoms with Crippen LogP contribution in [0.5, 0.6) is 0 Å². The molecule has 0 radical (unpaired) electrons. The summed E-state index contributed by atoms with van der Waals surface area (Å²) in [6, 6.07) is 10.6. The second-order valence-corrected chi connectivity index (χ2v) is 6.98. The van der Waals surface area contributed by atoms with E-state index in [-0.39, 0.29) is 22.5 Å². The molecule has 23 heavy (non-hydrogen) atoms. The summed E-state index contributed by atoms with van der Waals surface area (Å²) < 4.78 is 30.1. The highest BCUT2D eigenvalue weighted by molar-refractivity contribution is 7.89. The van der Waals surface area contributed by atoms with Gasteiger partial charge in [-0.05, 0) is 18.6 Å². The second-order valence-electron chi connectivity index (χ2n) is 5.22. The summed E-state index contributed by atoms with van der Waals surface area (Å²) in [5.41, 5.74) is 0.786. The van der Waals surface area contributed by atoms with Crippen LogP contribution in [-0.2, 0) is 23.6 Å². The molecule has 2 heterocycles. The van der Waals surface area contributed by atoms with Crippen LogP contribution in [0.1, 0.15) is 11.4 Å². The van der Waals surface area contributed by atoms with Crippen LogP contribution in [0.15, 0.2) is 52.3 Å². The zero-order chi connectivity index (χ0) is 16.6. The summed E-state index contributed by atoms with van der Waals surface area (Å²) in [6.45, 7) is 1.89. The van der Waals surface area contributed by atoms with Gasteiger partial charge in [-0.2, -0.15) is 5.10 Å². The number of fused-ring (bicyclic) bond motifs is 1. The van der Waals surface area contributed by atoms with Crippen LogP contribution in [0.25, 0.3) is 5.52 Å². The number of benzene rings is 1. The zero-order valence-corrected chi connectivity index (χ0v) is 13.5. The van der Waals surface area contributed by atoms with Crippen LogP contribution in [0, 0.1) is 6.92 Å². The van der Waals surface area contributed by atoms with Crippen LogP contribution in [-0.4, -0.2) is 22.6 Å². The topological polar surface area (TPSA) is 85.5 Å². The number of aromatic nitrogens is 3. The Balaban J connectivity index is 1.97. The molecule has 120 valence electrons. The summed E-state index contributed by atoms with van der Waals surface area (Å²) in [7, 11) is -2.18. The minimum absolute atomic E-state index is 0.0432. The summed E-state index contributed by atoms with van der Waals surface area (Å²) in [5.74, 6) is 0.534. The van der Waals surface area contributed by atoms with Gasteiger partial charge in [0.15, 0.2) is 0 Å². The predicted molar refractivity (Wildman–Crippen MR) is 85.6 cm³/mol. The van der Waals surface area contributed by atoms with Gasteiger partial charge in [0.1, 0.15) is 16.2 Å². The second kappa shape index (κ2) is 5.64. The van der Waals surface area contributed by atoms with E-state index in [1.807, 2.05) is 30.3 Å². The van der Waals surface area contributed by atoms with Gasteiger partial charge in [-0.1, -0.05) is 30.3 Å². The van der Waals surface area contributed by atoms with Crippen LogP contribution in [0.2, 0.25) is 0 Å². The maximum Gasteiger partial charge on any atom is 0.290 e. The largest absolute Gasteiger partial charge is 0.298 e. The molecule has 3 rings (SSSR count). The first-order valence-electron chi connectivity index (χ1n) is 6.98. The molecule has 0 saturated carbocycles. The number of nitrogens with one attached hydrogen (secondary N) is 1. The Morgan fingerprint density at radius 2 is 1.91 bits per heavy atom. The lowest BCUT2D eigenvalue weighted by Crippen LogP contribution is -2.23. The van der Waals surface area contributed by atoms with Crippen molar-refractivity contribution in [2.24, 2.45) is 7.05 Å². The van der Waals surface area contributed by atoms with E-state index in [1.165, 1.54) is 28.4 Å². The maximum absolute atomic E-state index is 12.4. The fourth-order valence-corrected chi connectivity index (χ4v) is 3.39. The highest BCUT2D eigenvalue weighted by Crippen LogP contribution is 2.14. The first-order chi connectivity index (χ1) is 10.9. The summed E-state index contributed by atoms with van der Waals surface area (Å²) in [6.07, 6.45) is 1.41. The molecule has 0 aliphatic heterocycles. The first kappa shape index (κ1) is 15.4. The van der Waals surface area contributed by atoms with E-state index >= 15 is 0 Å². The highest BCUT2D eigenvalue weighted by atomic mass is 32.2. The number of rotatable bonds is 4. The third-order valence-corrected chi connectivity index (χ3v) is 4.94. The number of aryl methyl sites for hydroxylation is 2. The Bertz CT molecular complexity index is 1020. The van der Waals surface area contributed by atoms with Crippen molar-refractivity contribution >= 4 is 15.5 Å². The molecule has 0 saturated heterocycles. The van der Waals surface area contributed by atoms with Crippen molar-refractivity contribution in [2.45, 2.75) is 18.4 Å². The Labute approximate surface area is 133 Å². The Morgan fingerprint density at radius 3 is 2.61 bits per heavy atom. The molecule has 2 aromatic heterocycles. The molecule has 0 fully saturated rings. The average molecular weight is 332 g/mol. The minimum Gasteiger partial charge on any atom is -0.298 e. The summed E-state index contributed by atoms with van der Waals surface area (Å²) >= 11 is 0. The van der Waals surface area contributed by atoms with Crippen molar-refractivity contribution in [2.75, 3.05) is 0 Å². The lowest BCUT2D eigenvalue weighted by molar-refractivity contribution is 0.581. The van der Waals surface area contributed by atoms with Gasteiger partial charge in [0.05, 0.1) is 0 Å². The van der Waals surface area contributed by atoms with Crippen LogP contribution in [0.3, 0.4) is 0 Å². The number of hydrogen-bond acceptors (Lipinski definition) is 4. The van der Waals surface area contributed by atoms with Crippen molar-refractivity contribution < 1.29 is 8.42 Å². The fraction of sp³-hybridized carbons (Fsp3) is 0.200. The van der Waals surface area contributed by atoms with E-state index in [0.717, 1.165) is 5.56 Å². The molecule has 0 unspecified atom stereocenters. The predicted octanol–water partition coefficient (Wildman–Crippen LogP) is 0.820. The van der Waals surface area contributed by atoms with Gasteiger partial charge in [0.25, 0.3) is 5.56 Å². The molecule has 1 aromatic carbocycles. The summed E-state index contributed by atoms with van der Waals surface area (Å²) in [5, 5.41) is 4.04. The van der Waals surface area contributed by atoms with Crippen molar-refractivity contribution in [3.63, 3.8) is 0 Å². The van der Waals surface area contributed by atoms with Crippen LogP contribution in [0.4, 0.5) is 0 Å².